The number of rotatable bonds is 1. The quantitative estimate of drug-likeness (QED) is 0.733. The van der Waals surface area contributed by atoms with Crippen LogP contribution in [0.4, 0.5) is 13.2 Å². The van der Waals surface area contributed by atoms with Crippen molar-refractivity contribution >= 4 is 39.9 Å². The molecule has 0 aromatic heterocycles. The summed E-state index contributed by atoms with van der Waals surface area (Å²) in [6.07, 6.45) is -1.45. The number of aliphatic imine (C=N–C) groups is 1. The van der Waals surface area contributed by atoms with Gasteiger partial charge in [-0.25, -0.2) is 0 Å². The van der Waals surface area contributed by atoms with E-state index in [9.17, 15) is 18.0 Å². The summed E-state index contributed by atoms with van der Waals surface area (Å²) in [5, 5.41) is 0. The highest BCUT2D eigenvalue weighted by molar-refractivity contribution is 8.40. The van der Waals surface area contributed by atoms with Gasteiger partial charge in [-0.1, -0.05) is 30.0 Å². The number of nitrogens with zero attached hydrogens (tertiary/aromatic N) is 1. The van der Waals surface area contributed by atoms with Crippen molar-refractivity contribution in [3.8, 4) is 0 Å². The molecule has 0 unspecified atom stereocenters. The van der Waals surface area contributed by atoms with Crippen molar-refractivity contribution in [2.75, 3.05) is 6.26 Å². The third kappa shape index (κ3) is 3.22. The third-order valence-electron chi connectivity index (χ3n) is 2.33. The Morgan fingerprint density at radius 1 is 1.32 bits per heavy atom. The van der Waals surface area contributed by atoms with Gasteiger partial charge < -0.3 is 0 Å². The first-order chi connectivity index (χ1) is 8.91. The van der Waals surface area contributed by atoms with Gasteiger partial charge in [0.2, 0.25) is 0 Å². The molecule has 0 aliphatic carbocycles. The number of halogens is 3. The van der Waals surface area contributed by atoms with E-state index in [1.54, 1.807) is 6.26 Å². The number of hydrogen-bond donors (Lipinski definition) is 0. The highest BCUT2D eigenvalue weighted by atomic mass is 32.2. The predicted octanol–water partition coefficient (Wildman–Crippen LogP) is 4.04. The lowest BCUT2D eigenvalue weighted by atomic mass is 10.1. The molecule has 1 heterocycles. The summed E-state index contributed by atoms with van der Waals surface area (Å²) in [5.41, 5.74) is -0.781. The Bertz CT molecular complexity index is 579. The molecule has 1 aliphatic rings. The van der Waals surface area contributed by atoms with Crippen LogP contribution in [-0.2, 0) is 11.0 Å². The predicted molar refractivity (Wildman–Crippen MR) is 73.0 cm³/mol. The van der Waals surface area contributed by atoms with Crippen LogP contribution in [-0.4, -0.2) is 16.5 Å². The van der Waals surface area contributed by atoms with Crippen LogP contribution >= 0.6 is 23.5 Å². The van der Waals surface area contributed by atoms with Gasteiger partial charge in [-0.05, 0) is 24.0 Å². The zero-order chi connectivity index (χ0) is 14.0. The van der Waals surface area contributed by atoms with Crippen molar-refractivity contribution in [1.29, 1.82) is 0 Å². The molecule has 100 valence electrons. The lowest BCUT2D eigenvalue weighted by molar-refractivity contribution is -0.137. The molecular formula is C12H8F3NOS2. The first-order valence-electron chi connectivity index (χ1n) is 5.14. The molecule has 2 nitrogen and oxygen atoms in total. The topological polar surface area (TPSA) is 29.4 Å². The van der Waals surface area contributed by atoms with Gasteiger partial charge in [-0.2, -0.15) is 18.2 Å². The molecule has 0 saturated heterocycles. The first kappa shape index (κ1) is 14.2. The Morgan fingerprint density at radius 2 is 2.00 bits per heavy atom. The third-order valence-corrected chi connectivity index (χ3v) is 4.30. The molecule has 7 heteroatoms. The van der Waals surface area contributed by atoms with Crippen LogP contribution in [0.15, 0.2) is 34.2 Å². The van der Waals surface area contributed by atoms with E-state index in [1.807, 2.05) is 0 Å². The molecule has 0 bridgehead atoms. The minimum atomic E-state index is -4.44. The maximum atomic E-state index is 12.8. The fraction of sp³-hybridized carbons (Fsp3) is 0.167. The Kier molecular flexibility index (Phi) is 4.05. The molecule has 1 aromatic carbocycles. The summed E-state index contributed by atoms with van der Waals surface area (Å²) in [7, 11) is 0. The van der Waals surface area contributed by atoms with E-state index in [0.717, 1.165) is 17.8 Å². The van der Waals surface area contributed by atoms with Gasteiger partial charge >= 0.3 is 6.18 Å². The fourth-order valence-corrected chi connectivity index (χ4v) is 2.91. The van der Waals surface area contributed by atoms with Crippen LogP contribution in [0.1, 0.15) is 11.1 Å². The van der Waals surface area contributed by atoms with Crippen molar-refractivity contribution in [1.82, 2.24) is 0 Å². The van der Waals surface area contributed by atoms with Crippen molar-refractivity contribution in [2.24, 2.45) is 4.99 Å². The molecule has 0 spiro atoms. The number of alkyl halides is 3. The fourth-order valence-electron chi connectivity index (χ4n) is 1.50. The maximum absolute atomic E-state index is 12.8. The average Bonchev–Trinajstić information content (AvgIpc) is 2.70. The van der Waals surface area contributed by atoms with E-state index in [1.165, 1.54) is 36.0 Å². The smallest absolute Gasteiger partial charge is 0.266 e. The highest BCUT2D eigenvalue weighted by Crippen LogP contribution is 2.36. The number of benzene rings is 1. The van der Waals surface area contributed by atoms with E-state index in [2.05, 4.69) is 4.99 Å². The van der Waals surface area contributed by atoms with Gasteiger partial charge in [0, 0.05) is 0 Å². The van der Waals surface area contributed by atoms with Crippen molar-refractivity contribution < 1.29 is 18.0 Å². The van der Waals surface area contributed by atoms with Gasteiger partial charge in [0.15, 0.2) is 0 Å². The molecule has 0 atom stereocenters. The zero-order valence-electron chi connectivity index (χ0n) is 9.69. The molecule has 0 fully saturated rings. The molecule has 1 aromatic rings. The molecule has 2 rings (SSSR count). The number of amides is 1. The summed E-state index contributed by atoms with van der Waals surface area (Å²) < 4.78 is 39.0. The number of carbonyl (C=O) groups is 1. The maximum Gasteiger partial charge on any atom is 0.416 e. The number of hydrogen-bond acceptors (Lipinski definition) is 3. The number of carbonyl (C=O) groups excluding carboxylic acids is 1. The van der Waals surface area contributed by atoms with E-state index in [4.69, 9.17) is 0 Å². The van der Waals surface area contributed by atoms with Crippen LogP contribution in [0.2, 0.25) is 0 Å². The molecule has 0 saturated carbocycles. The zero-order valence-corrected chi connectivity index (χ0v) is 11.3. The van der Waals surface area contributed by atoms with Crippen molar-refractivity contribution in [2.45, 2.75) is 6.18 Å². The Balaban J connectivity index is 2.38. The van der Waals surface area contributed by atoms with Crippen LogP contribution < -0.4 is 0 Å². The molecular weight excluding hydrogens is 295 g/mol. The van der Waals surface area contributed by atoms with Gasteiger partial charge in [0.05, 0.1) is 10.5 Å². The van der Waals surface area contributed by atoms with E-state index in [-0.39, 0.29) is 10.5 Å². The molecule has 1 amide bonds. The second-order valence-electron chi connectivity index (χ2n) is 3.58. The normalized spacial score (nSPS) is 18.0. The Hall–Kier alpha value is -1.21. The molecule has 1 aliphatic heterocycles. The average molecular weight is 303 g/mol. The second-order valence-corrected chi connectivity index (χ2v) is 5.67. The lowest BCUT2D eigenvalue weighted by Crippen LogP contribution is -2.07. The summed E-state index contributed by atoms with van der Waals surface area (Å²) in [5.74, 6) is -0.494. The largest absolute Gasteiger partial charge is 0.416 e. The monoisotopic (exact) mass is 303 g/mol. The summed E-state index contributed by atoms with van der Waals surface area (Å²) in [6.45, 7) is 0. The molecule has 19 heavy (non-hydrogen) atoms. The highest BCUT2D eigenvalue weighted by Gasteiger charge is 2.33. The Morgan fingerprint density at radius 3 is 2.58 bits per heavy atom. The van der Waals surface area contributed by atoms with Gasteiger partial charge in [-0.15, -0.1) is 11.8 Å². The SMILES string of the molecule is CSC1=NC(=O)C(=Cc2ccccc2C(F)(F)F)S1. The standard InChI is InChI=1S/C12H8F3NOS2/c1-18-11-16-10(17)9(19-11)6-7-4-2-3-5-8(7)12(13,14)15/h2-6H,1H3. The summed E-state index contributed by atoms with van der Waals surface area (Å²) >= 11 is 2.38. The van der Waals surface area contributed by atoms with E-state index < -0.39 is 17.6 Å². The lowest BCUT2D eigenvalue weighted by Gasteiger charge is -2.09. The van der Waals surface area contributed by atoms with E-state index >= 15 is 0 Å². The van der Waals surface area contributed by atoms with Crippen molar-refractivity contribution in [3.05, 3.63) is 40.3 Å². The van der Waals surface area contributed by atoms with Crippen LogP contribution in [0.3, 0.4) is 0 Å². The van der Waals surface area contributed by atoms with Gasteiger partial charge in [0.1, 0.15) is 4.38 Å². The van der Waals surface area contributed by atoms with Gasteiger partial charge in [0.25, 0.3) is 5.91 Å². The second kappa shape index (κ2) is 5.42. The molecule has 0 radical (unpaired) electrons. The molecule has 0 N–H and O–H groups in total. The van der Waals surface area contributed by atoms with Crippen LogP contribution in [0.5, 0.6) is 0 Å². The Labute approximate surface area is 116 Å². The van der Waals surface area contributed by atoms with Gasteiger partial charge in [-0.3, -0.25) is 4.79 Å². The van der Waals surface area contributed by atoms with Crippen LogP contribution in [0, 0.1) is 0 Å². The van der Waals surface area contributed by atoms with Crippen molar-refractivity contribution in [3.63, 3.8) is 0 Å². The van der Waals surface area contributed by atoms with E-state index in [0.29, 0.717) is 4.38 Å². The summed E-state index contributed by atoms with van der Waals surface area (Å²) in [6, 6.07) is 5.15. The minimum absolute atomic E-state index is 0.0246. The van der Waals surface area contributed by atoms with Crippen LogP contribution in [0.25, 0.3) is 6.08 Å². The number of thioether (sulfide) groups is 2. The first-order valence-corrected chi connectivity index (χ1v) is 7.18. The summed E-state index contributed by atoms with van der Waals surface area (Å²) in [4.78, 5) is 15.5. The minimum Gasteiger partial charge on any atom is -0.266 e.